The molecule has 0 saturated carbocycles. The number of hydrogen-bond donors (Lipinski definition) is 3. The molecule has 1 heterocycles. The average Bonchev–Trinajstić information content (AvgIpc) is 2.35. The largest absolute Gasteiger partial charge is 0.357 e. The number of fused-ring (bicyclic) bond motifs is 1. The third-order valence-corrected chi connectivity index (χ3v) is 3.12. The molecule has 0 atom stereocenters. The number of hydrogen-bond acceptors (Lipinski definition) is 5. The molecule has 0 fully saturated rings. The highest BCUT2D eigenvalue weighted by Crippen LogP contribution is 2.33. The third-order valence-electron chi connectivity index (χ3n) is 2.08. The van der Waals surface area contributed by atoms with Crippen LogP contribution in [-0.4, -0.2) is 25.5 Å². The molecule has 0 saturated heterocycles. The van der Waals surface area contributed by atoms with Crippen LogP contribution in [0.1, 0.15) is 0 Å². The first-order valence-corrected chi connectivity index (χ1v) is 6.17. The van der Waals surface area contributed by atoms with Gasteiger partial charge in [-0.05, 0) is 18.2 Å². The highest BCUT2D eigenvalue weighted by molar-refractivity contribution is 7.98. The Morgan fingerprint density at radius 2 is 2.35 bits per heavy atom. The number of guanidine groups is 1. The number of nitrogens with one attached hydrogen (secondary N) is 3. The first-order chi connectivity index (χ1) is 8.29. The van der Waals surface area contributed by atoms with Crippen molar-refractivity contribution in [1.82, 2.24) is 10.6 Å². The van der Waals surface area contributed by atoms with Crippen LogP contribution in [-0.2, 0) is 4.79 Å². The van der Waals surface area contributed by atoms with Crippen LogP contribution >= 0.6 is 23.5 Å². The summed E-state index contributed by atoms with van der Waals surface area (Å²) in [6.45, 7) is 1.18. The molecular weight excluding hydrogens is 260 g/mol. The van der Waals surface area contributed by atoms with Gasteiger partial charge in [0.2, 0.25) is 12.4 Å². The van der Waals surface area contributed by atoms with Crippen molar-refractivity contribution in [2.24, 2.45) is 4.40 Å². The third kappa shape index (κ3) is 3.28. The molecular formula is C10H11ClN4OS. The standard InChI is InChI=1S/C10H11ClN4OS/c11-7-1-2-8-9(5-7)17-15-10(14-8)13-4-3-12-6-16/h1-2,5-6H,3-4H2,(H,12,16)(H2,13,14,15). The zero-order chi connectivity index (χ0) is 12.1. The van der Waals surface area contributed by atoms with E-state index in [1.165, 1.54) is 11.9 Å². The van der Waals surface area contributed by atoms with Gasteiger partial charge in [0.05, 0.1) is 10.6 Å². The maximum Gasteiger partial charge on any atom is 0.207 e. The lowest BCUT2D eigenvalue weighted by molar-refractivity contribution is -0.109. The Bertz CT molecular complexity index is 452. The van der Waals surface area contributed by atoms with E-state index >= 15 is 0 Å². The van der Waals surface area contributed by atoms with Crippen molar-refractivity contribution in [1.29, 1.82) is 0 Å². The Labute approximate surface area is 108 Å². The molecule has 0 aromatic heterocycles. The van der Waals surface area contributed by atoms with E-state index in [1.54, 1.807) is 0 Å². The second kappa shape index (κ2) is 5.79. The molecule has 1 aromatic rings. The van der Waals surface area contributed by atoms with Gasteiger partial charge >= 0.3 is 0 Å². The van der Waals surface area contributed by atoms with Gasteiger partial charge in [0.1, 0.15) is 0 Å². The van der Waals surface area contributed by atoms with Crippen molar-refractivity contribution in [3.05, 3.63) is 23.2 Å². The van der Waals surface area contributed by atoms with Crippen molar-refractivity contribution in [2.75, 3.05) is 18.4 Å². The van der Waals surface area contributed by atoms with Gasteiger partial charge in [-0.15, -0.1) is 0 Å². The van der Waals surface area contributed by atoms with Crippen LogP contribution in [0.25, 0.3) is 0 Å². The summed E-state index contributed by atoms with van der Waals surface area (Å²) < 4.78 is 4.25. The van der Waals surface area contributed by atoms with E-state index in [0.717, 1.165) is 10.6 Å². The maximum absolute atomic E-state index is 10.1. The summed E-state index contributed by atoms with van der Waals surface area (Å²) in [7, 11) is 0. The summed E-state index contributed by atoms with van der Waals surface area (Å²) >= 11 is 7.25. The van der Waals surface area contributed by atoms with E-state index in [-0.39, 0.29) is 0 Å². The van der Waals surface area contributed by atoms with Crippen LogP contribution in [0.4, 0.5) is 5.69 Å². The number of carbonyl (C=O) groups excluding carboxylic acids is 1. The van der Waals surface area contributed by atoms with Crippen molar-refractivity contribution in [2.45, 2.75) is 4.90 Å². The second-order valence-corrected chi connectivity index (χ2v) is 4.54. The molecule has 1 aromatic carbocycles. The quantitative estimate of drug-likeness (QED) is 0.440. The van der Waals surface area contributed by atoms with E-state index in [2.05, 4.69) is 20.3 Å². The van der Waals surface area contributed by atoms with Crippen molar-refractivity contribution < 1.29 is 4.79 Å². The van der Waals surface area contributed by atoms with Gasteiger partial charge in [-0.1, -0.05) is 11.6 Å². The number of benzene rings is 1. The Hall–Kier alpha value is -1.40. The first kappa shape index (κ1) is 12.1. The Kier molecular flexibility index (Phi) is 4.11. The van der Waals surface area contributed by atoms with Crippen LogP contribution in [0.15, 0.2) is 27.5 Å². The van der Waals surface area contributed by atoms with E-state index in [9.17, 15) is 4.79 Å². The van der Waals surface area contributed by atoms with Gasteiger partial charge in [-0.2, -0.15) is 4.40 Å². The zero-order valence-corrected chi connectivity index (χ0v) is 10.4. The highest BCUT2D eigenvalue weighted by atomic mass is 35.5. The second-order valence-electron chi connectivity index (χ2n) is 3.30. The van der Waals surface area contributed by atoms with Gasteiger partial charge in [0.15, 0.2) is 0 Å². The monoisotopic (exact) mass is 270 g/mol. The molecule has 3 N–H and O–H groups in total. The van der Waals surface area contributed by atoms with Crippen LogP contribution in [0, 0.1) is 0 Å². The number of amides is 1. The number of halogens is 1. The summed E-state index contributed by atoms with van der Waals surface area (Å²) in [6.07, 6.45) is 0.670. The fraction of sp³-hybridized carbons (Fsp3) is 0.200. The summed E-state index contributed by atoms with van der Waals surface area (Å²) in [5, 5.41) is 9.48. The summed E-state index contributed by atoms with van der Waals surface area (Å²) in [5.41, 5.74) is 0.972. The van der Waals surface area contributed by atoms with E-state index in [0.29, 0.717) is 30.5 Å². The maximum atomic E-state index is 10.1. The molecule has 0 unspecified atom stereocenters. The summed E-state index contributed by atoms with van der Waals surface area (Å²) in [6, 6.07) is 5.60. The predicted molar refractivity (Wildman–Crippen MR) is 70.4 cm³/mol. The van der Waals surface area contributed by atoms with Crippen LogP contribution in [0.3, 0.4) is 0 Å². The van der Waals surface area contributed by atoms with Crippen LogP contribution in [0.5, 0.6) is 0 Å². The topological polar surface area (TPSA) is 65.5 Å². The lowest BCUT2D eigenvalue weighted by Crippen LogP contribution is -2.36. The molecule has 0 radical (unpaired) electrons. The van der Waals surface area contributed by atoms with Crippen molar-refractivity contribution >= 4 is 41.6 Å². The molecule has 17 heavy (non-hydrogen) atoms. The molecule has 1 aliphatic heterocycles. The van der Waals surface area contributed by atoms with Gasteiger partial charge in [-0.25, -0.2) is 0 Å². The molecule has 5 nitrogen and oxygen atoms in total. The Morgan fingerprint density at radius 3 is 3.18 bits per heavy atom. The smallest absolute Gasteiger partial charge is 0.207 e. The minimum atomic E-state index is 0.558. The Balaban J connectivity index is 1.91. The SMILES string of the molecule is O=CNCCNC1=NSc2cc(Cl)ccc2N1. The minimum absolute atomic E-state index is 0.558. The van der Waals surface area contributed by atoms with Crippen LogP contribution < -0.4 is 16.0 Å². The lowest BCUT2D eigenvalue weighted by Gasteiger charge is -2.18. The predicted octanol–water partition coefficient (Wildman–Crippen LogP) is 1.46. The summed E-state index contributed by atoms with van der Waals surface area (Å²) in [5.74, 6) is 0.678. The normalized spacial score (nSPS) is 13.1. The van der Waals surface area contributed by atoms with Crippen LogP contribution in [0.2, 0.25) is 5.02 Å². The fourth-order valence-corrected chi connectivity index (χ4v) is 2.24. The number of carbonyl (C=O) groups is 1. The first-order valence-electron chi connectivity index (χ1n) is 5.02. The van der Waals surface area contributed by atoms with Gasteiger partial charge in [-0.3, -0.25) is 4.79 Å². The molecule has 0 spiro atoms. The zero-order valence-electron chi connectivity index (χ0n) is 8.87. The lowest BCUT2D eigenvalue weighted by atomic mass is 10.3. The molecule has 1 aliphatic rings. The number of anilines is 1. The molecule has 0 bridgehead atoms. The molecule has 7 heteroatoms. The molecule has 0 aliphatic carbocycles. The minimum Gasteiger partial charge on any atom is -0.357 e. The average molecular weight is 271 g/mol. The highest BCUT2D eigenvalue weighted by Gasteiger charge is 2.12. The van der Waals surface area contributed by atoms with Gasteiger partial charge < -0.3 is 16.0 Å². The number of rotatable bonds is 4. The fourth-order valence-electron chi connectivity index (χ4n) is 1.31. The van der Waals surface area contributed by atoms with E-state index in [1.807, 2.05) is 18.2 Å². The molecule has 1 amide bonds. The van der Waals surface area contributed by atoms with Crippen molar-refractivity contribution in [3.63, 3.8) is 0 Å². The molecule has 90 valence electrons. The summed E-state index contributed by atoms with van der Waals surface area (Å²) in [4.78, 5) is 11.0. The Morgan fingerprint density at radius 1 is 1.47 bits per heavy atom. The van der Waals surface area contributed by atoms with Gasteiger partial charge in [0.25, 0.3) is 0 Å². The van der Waals surface area contributed by atoms with Crippen molar-refractivity contribution in [3.8, 4) is 0 Å². The molecule has 2 rings (SSSR count). The van der Waals surface area contributed by atoms with E-state index in [4.69, 9.17) is 11.6 Å². The van der Waals surface area contributed by atoms with Gasteiger partial charge in [0, 0.05) is 30.1 Å². The number of nitrogens with zero attached hydrogens (tertiary/aromatic N) is 1. The van der Waals surface area contributed by atoms with E-state index < -0.39 is 0 Å².